The maximum Gasteiger partial charge on any atom is 0.412 e. The van der Waals surface area contributed by atoms with Crippen LogP contribution in [0.2, 0.25) is 0 Å². The predicted molar refractivity (Wildman–Crippen MR) is 135 cm³/mol. The molecule has 0 aliphatic rings. The summed E-state index contributed by atoms with van der Waals surface area (Å²) in [6.07, 6.45) is 3.75. The molecular weight excluding hydrogens is 456 g/mol. The van der Waals surface area contributed by atoms with Gasteiger partial charge in [-0.15, -0.1) is 11.6 Å². The fourth-order valence-electron chi connectivity index (χ4n) is 3.14. The topological polar surface area (TPSA) is 93.7 Å². The van der Waals surface area contributed by atoms with E-state index in [1.54, 1.807) is 51.1 Å². The number of carbonyl (C=O) groups is 3. The molecule has 0 fully saturated rings. The van der Waals surface area contributed by atoms with Crippen molar-refractivity contribution in [3.8, 4) is 0 Å². The van der Waals surface area contributed by atoms with Crippen molar-refractivity contribution in [1.29, 1.82) is 0 Å². The van der Waals surface area contributed by atoms with E-state index in [4.69, 9.17) is 21.1 Å². The van der Waals surface area contributed by atoms with Gasteiger partial charge in [0, 0.05) is 12.0 Å². The van der Waals surface area contributed by atoms with Gasteiger partial charge in [-0.2, -0.15) is 0 Å². The van der Waals surface area contributed by atoms with Gasteiger partial charge in [0.1, 0.15) is 5.60 Å². The highest BCUT2D eigenvalue weighted by Crippen LogP contribution is 2.24. The standard InChI is InChI=1S/C26H31ClN2O5/c1-26(2,3)34-25(32)29-22-10-6-5-9-21(22)28-23(30)16-13-18-11-14-19(15-12-18)20(8-7-17-27)24(31)33-4/h5-6,9-16,20H,7-8,17H2,1-4H3,(H,28,30)(H,29,32). The molecule has 0 radical (unpaired) electrons. The van der Waals surface area contributed by atoms with Gasteiger partial charge in [0.15, 0.2) is 0 Å². The number of methoxy groups -OCH3 is 1. The van der Waals surface area contributed by atoms with Crippen LogP contribution >= 0.6 is 11.6 Å². The molecule has 7 nitrogen and oxygen atoms in total. The summed E-state index contributed by atoms with van der Waals surface area (Å²) >= 11 is 5.77. The number of halogens is 1. The first-order valence-corrected chi connectivity index (χ1v) is 11.5. The summed E-state index contributed by atoms with van der Waals surface area (Å²) < 4.78 is 10.2. The number of rotatable bonds is 9. The van der Waals surface area contributed by atoms with Gasteiger partial charge in [-0.05, 0) is 62.9 Å². The van der Waals surface area contributed by atoms with Gasteiger partial charge in [-0.1, -0.05) is 36.4 Å². The van der Waals surface area contributed by atoms with Crippen LogP contribution in [-0.4, -0.2) is 36.6 Å². The molecule has 2 N–H and O–H groups in total. The van der Waals surface area contributed by atoms with E-state index in [2.05, 4.69) is 10.6 Å². The molecule has 0 heterocycles. The van der Waals surface area contributed by atoms with Crippen molar-refractivity contribution in [2.45, 2.75) is 45.1 Å². The highest BCUT2D eigenvalue weighted by atomic mass is 35.5. The van der Waals surface area contributed by atoms with Crippen LogP contribution in [-0.2, 0) is 19.1 Å². The minimum absolute atomic E-state index is 0.300. The molecule has 2 aromatic rings. The first-order valence-electron chi connectivity index (χ1n) is 10.9. The second-order valence-corrected chi connectivity index (χ2v) is 8.95. The normalized spacial score (nSPS) is 12.1. The number of nitrogens with one attached hydrogen (secondary N) is 2. The lowest BCUT2D eigenvalue weighted by Gasteiger charge is -2.20. The number of anilines is 2. The van der Waals surface area contributed by atoms with Crippen molar-refractivity contribution in [1.82, 2.24) is 0 Å². The summed E-state index contributed by atoms with van der Waals surface area (Å²) in [5.41, 5.74) is 1.86. The van der Waals surface area contributed by atoms with Crippen LogP contribution in [0, 0.1) is 0 Å². The summed E-state index contributed by atoms with van der Waals surface area (Å²) in [6, 6.07) is 14.2. The lowest BCUT2D eigenvalue weighted by atomic mass is 9.94. The number of amides is 2. The van der Waals surface area contributed by atoms with E-state index in [9.17, 15) is 14.4 Å². The Morgan fingerprint density at radius 1 is 1.00 bits per heavy atom. The van der Waals surface area contributed by atoms with E-state index < -0.39 is 11.7 Å². The molecule has 34 heavy (non-hydrogen) atoms. The van der Waals surface area contributed by atoms with E-state index in [0.29, 0.717) is 30.1 Å². The van der Waals surface area contributed by atoms with Gasteiger partial charge in [-0.3, -0.25) is 14.9 Å². The third-order valence-electron chi connectivity index (χ3n) is 4.70. The molecule has 0 aliphatic carbocycles. The van der Waals surface area contributed by atoms with E-state index in [-0.39, 0.29) is 17.8 Å². The molecule has 2 rings (SSSR count). The monoisotopic (exact) mass is 486 g/mol. The minimum Gasteiger partial charge on any atom is -0.469 e. The van der Waals surface area contributed by atoms with Gasteiger partial charge in [0.25, 0.3) is 0 Å². The number of hydrogen-bond donors (Lipinski definition) is 2. The molecule has 0 saturated carbocycles. The predicted octanol–water partition coefficient (Wildman–Crippen LogP) is 5.96. The van der Waals surface area contributed by atoms with Gasteiger partial charge in [0.05, 0.1) is 24.4 Å². The Hall–Kier alpha value is -3.32. The molecule has 182 valence electrons. The van der Waals surface area contributed by atoms with Crippen molar-refractivity contribution >= 4 is 47.0 Å². The van der Waals surface area contributed by atoms with E-state index in [1.807, 2.05) is 24.3 Å². The largest absolute Gasteiger partial charge is 0.469 e. The highest BCUT2D eigenvalue weighted by Gasteiger charge is 2.21. The molecule has 1 atom stereocenters. The maximum atomic E-state index is 12.5. The quantitative estimate of drug-likeness (QED) is 0.259. The Labute approximate surface area is 205 Å². The zero-order valence-corrected chi connectivity index (χ0v) is 20.6. The fourth-order valence-corrected chi connectivity index (χ4v) is 3.30. The summed E-state index contributed by atoms with van der Waals surface area (Å²) in [4.78, 5) is 36.6. The molecule has 0 saturated heterocycles. The van der Waals surface area contributed by atoms with Gasteiger partial charge >= 0.3 is 12.1 Å². The van der Waals surface area contributed by atoms with Gasteiger partial charge < -0.3 is 14.8 Å². The number of benzene rings is 2. The molecule has 0 spiro atoms. The fraction of sp³-hybridized carbons (Fsp3) is 0.346. The van der Waals surface area contributed by atoms with Crippen molar-refractivity contribution in [3.05, 3.63) is 65.7 Å². The smallest absolute Gasteiger partial charge is 0.412 e. The Kier molecular flexibility index (Phi) is 10.1. The Bertz CT molecular complexity index is 1010. The van der Waals surface area contributed by atoms with Gasteiger partial charge in [-0.25, -0.2) is 4.79 Å². The number of carbonyl (C=O) groups excluding carboxylic acids is 3. The van der Waals surface area contributed by atoms with Crippen LogP contribution in [0.5, 0.6) is 0 Å². The summed E-state index contributed by atoms with van der Waals surface area (Å²) in [5, 5.41) is 5.40. The second-order valence-electron chi connectivity index (χ2n) is 8.57. The number of alkyl halides is 1. The van der Waals surface area contributed by atoms with Crippen LogP contribution in [0.4, 0.5) is 16.2 Å². The van der Waals surface area contributed by atoms with Gasteiger partial charge in [0.2, 0.25) is 5.91 Å². The van der Waals surface area contributed by atoms with Crippen molar-refractivity contribution in [3.63, 3.8) is 0 Å². The van der Waals surface area contributed by atoms with Crippen LogP contribution in [0.25, 0.3) is 6.08 Å². The Balaban J connectivity index is 2.04. The third kappa shape index (κ3) is 8.90. The number of para-hydroxylation sites is 2. The Morgan fingerprint density at radius 3 is 2.18 bits per heavy atom. The third-order valence-corrected chi connectivity index (χ3v) is 4.97. The van der Waals surface area contributed by atoms with Crippen LogP contribution in [0.3, 0.4) is 0 Å². The molecule has 0 aromatic heterocycles. The maximum absolute atomic E-state index is 12.5. The number of esters is 1. The van der Waals surface area contributed by atoms with E-state index in [0.717, 1.165) is 11.1 Å². The first kappa shape index (κ1) is 26.9. The zero-order chi connectivity index (χ0) is 25.1. The molecule has 1 unspecified atom stereocenters. The average molecular weight is 487 g/mol. The summed E-state index contributed by atoms with van der Waals surface area (Å²) in [5.74, 6) is -0.567. The number of ether oxygens (including phenoxy) is 2. The van der Waals surface area contributed by atoms with Crippen LogP contribution < -0.4 is 10.6 Å². The van der Waals surface area contributed by atoms with Crippen molar-refractivity contribution < 1.29 is 23.9 Å². The molecule has 0 bridgehead atoms. The van der Waals surface area contributed by atoms with Crippen molar-refractivity contribution in [2.75, 3.05) is 23.6 Å². The lowest BCUT2D eigenvalue weighted by Crippen LogP contribution is -2.27. The SMILES string of the molecule is COC(=O)C(CCCCl)c1ccc(C=CC(=O)Nc2ccccc2NC(=O)OC(C)(C)C)cc1. The molecule has 2 amide bonds. The summed E-state index contributed by atoms with van der Waals surface area (Å²) in [6.45, 7) is 5.31. The Morgan fingerprint density at radius 2 is 1.62 bits per heavy atom. The molecule has 8 heteroatoms. The minimum atomic E-state index is -0.637. The summed E-state index contributed by atoms with van der Waals surface area (Å²) in [7, 11) is 1.37. The molecule has 2 aromatic carbocycles. The first-order chi connectivity index (χ1) is 16.1. The van der Waals surface area contributed by atoms with Crippen LogP contribution in [0.1, 0.15) is 50.7 Å². The highest BCUT2D eigenvalue weighted by molar-refractivity contribution is 6.17. The lowest BCUT2D eigenvalue weighted by molar-refractivity contribution is -0.142. The second kappa shape index (κ2) is 12.8. The van der Waals surface area contributed by atoms with Crippen LogP contribution in [0.15, 0.2) is 54.6 Å². The number of hydrogen-bond acceptors (Lipinski definition) is 5. The average Bonchev–Trinajstić information content (AvgIpc) is 2.78. The van der Waals surface area contributed by atoms with E-state index >= 15 is 0 Å². The molecule has 0 aliphatic heterocycles. The van der Waals surface area contributed by atoms with Crippen molar-refractivity contribution in [2.24, 2.45) is 0 Å². The zero-order valence-electron chi connectivity index (χ0n) is 19.9. The molecular formula is C26H31ClN2O5. The van der Waals surface area contributed by atoms with E-state index in [1.165, 1.54) is 13.2 Å².